The maximum atomic E-state index is 12.8. The van der Waals surface area contributed by atoms with Crippen molar-refractivity contribution in [2.24, 2.45) is 0 Å². The van der Waals surface area contributed by atoms with Gasteiger partial charge in [0.2, 0.25) is 0 Å². The molecular formula is C20H27N3O2. The van der Waals surface area contributed by atoms with Crippen LogP contribution in [0.2, 0.25) is 0 Å². The molecule has 1 N–H and O–H groups in total. The van der Waals surface area contributed by atoms with Crippen LogP contribution in [-0.2, 0) is 13.2 Å². The van der Waals surface area contributed by atoms with E-state index in [1.807, 2.05) is 23.2 Å². The molecule has 1 fully saturated rings. The second-order valence-electron chi connectivity index (χ2n) is 6.78. The second-order valence-corrected chi connectivity index (χ2v) is 6.78. The fraction of sp³-hybridized carbons (Fsp3) is 0.500. The summed E-state index contributed by atoms with van der Waals surface area (Å²) in [5, 5.41) is 9.14. The fourth-order valence-electron chi connectivity index (χ4n) is 3.51. The highest BCUT2D eigenvalue weighted by molar-refractivity contribution is 5.94. The molecule has 0 bridgehead atoms. The molecule has 1 amide bonds. The van der Waals surface area contributed by atoms with E-state index in [9.17, 15) is 4.79 Å². The third-order valence-electron chi connectivity index (χ3n) is 4.96. The summed E-state index contributed by atoms with van der Waals surface area (Å²) in [5.74, 6) is 1.49. The second kappa shape index (κ2) is 8.30. The molecule has 1 aliphatic heterocycles. The van der Waals surface area contributed by atoms with E-state index in [0.717, 1.165) is 56.7 Å². The zero-order valence-electron chi connectivity index (χ0n) is 14.9. The first-order chi connectivity index (χ1) is 12.2. The van der Waals surface area contributed by atoms with Crippen molar-refractivity contribution in [1.82, 2.24) is 14.5 Å². The van der Waals surface area contributed by atoms with Gasteiger partial charge in [0, 0.05) is 43.5 Å². The summed E-state index contributed by atoms with van der Waals surface area (Å²) in [7, 11) is 0. The number of benzene rings is 1. The molecule has 134 valence electrons. The van der Waals surface area contributed by atoms with Crippen LogP contribution in [-0.4, -0.2) is 38.6 Å². The van der Waals surface area contributed by atoms with Crippen LogP contribution in [0.25, 0.3) is 0 Å². The predicted molar refractivity (Wildman–Crippen MR) is 97.4 cm³/mol. The summed E-state index contributed by atoms with van der Waals surface area (Å²) in [6.07, 6.45) is 8.33. The van der Waals surface area contributed by atoms with Crippen LogP contribution >= 0.6 is 0 Å². The van der Waals surface area contributed by atoms with Gasteiger partial charge in [0.25, 0.3) is 5.91 Å². The lowest BCUT2D eigenvalue weighted by atomic mass is 9.96. The van der Waals surface area contributed by atoms with Gasteiger partial charge in [-0.3, -0.25) is 4.79 Å². The van der Waals surface area contributed by atoms with Gasteiger partial charge in [-0.15, -0.1) is 0 Å². The quantitative estimate of drug-likeness (QED) is 0.878. The predicted octanol–water partition coefficient (Wildman–Crippen LogP) is 3.20. The van der Waals surface area contributed by atoms with Gasteiger partial charge in [0.1, 0.15) is 5.82 Å². The number of carbonyl (C=O) groups is 1. The van der Waals surface area contributed by atoms with Crippen molar-refractivity contribution in [1.29, 1.82) is 0 Å². The standard InChI is InChI=1S/C20H27N3O2/c1-2-3-11-22-13-10-21-19(22)18-5-4-12-23(14-18)20(25)17-8-6-16(15-24)7-9-17/h6-10,13,18,24H,2-5,11-12,14-15H2,1H3/t18-/m1/s1. The zero-order chi connectivity index (χ0) is 17.6. The number of amides is 1. The number of aliphatic hydroxyl groups excluding tert-OH is 1. The summed E-state index contributed by atoms with van der Waals surface area (Å²) >= 11 is 0. The van der Waals surface area contributed by atoms with Gasteiger partial charge in [-0.25, -0.2) is 4.98 Å². The summed E-state index contributed by atoms with van der Waals surface area (Å²) in [6, 6.07) is 7.23. The molecule has 0 radical (unpaired) electrons. The number of rotatable bonds is 6. The number of aromatic nitrogens is 2. The topological polar surface area (TPSA) is 58.4 Å². The Hall–Kier alpha value is -2.14. The smallest absolute Gasteiger partial charge is 0.253 e. The maximum absolute atomic E-state index is 12.8. The van der Waals surface area contributed by atoms with E-state index < -0.39 is 0 Å². The average molecular weight is 341 g/mol. The Morgan fingerprint density at radius 3 is 2.84 bits per heavy atom. The molecule has 0 aliphatic carbocycles. The Bertz CT molecular complexity index is 693. The highest BCUT2D eigenvalue weighted by Gasteiger charge is 2.27. The minimum Gasteiger partial charge on any atom is -0.392 e. The number of imidazole rings is 1. The van der Waals surface area contributed by atoms with Crippen molar-refractivity contribution in [3.8, 4) is 0 Å². The lowest BCUT2D eigenvalue weighted by Gasteiger charge is -2.33. The molecule has 5 nitrogen and oxygen atoms in total. The van der Waals surface area contributed by atoms with E-state index in [0.29, 0.717) is 11.5 Å². The van der Waals surface area contributed by atoms with Crippen LogP contribution in [0, 0.1) is 0 Å². The molecule has 25 heavy (non-hydrogen) atoms. The van der Waals surface area contributed by atoms with E-state index in [1.165, 1.54) is 0 Å². The van der Waals surface area contributed by atoms with Gasteiger partial charge < -0.3 is 14.6 Å². The van der Waals surface area contributed by atoms with Gasteiger partial charge in [0.05, 0.1) is 6.61 Å². The number of aryl methyl sites for hydroxylation is 1. The molecule has 0 unspecified atom stereocenters. The summed E-state index contributed by atoms with van der Waals surface area (Å²) in [5.41, 5.74) is 1.51. The highest BCUT2D eigenvalue weighted by Crippen LogP contribution is 2.27. The van der Waals surface area contributed by atoms with Gasteiger partial charge in [-0.1, -0.05) is 25.5 Å². The molecule has 1 aromatic heterocycles. The fourth-order valence-corrected chi connectivity index (χ4v) is 3.51. The molecule has 1 aliphatic rings. The minimum atomic E-state index is 0.000672. The summed E-state index contributed by atoms with van der Waals surface area (Å²) in [6.45, 7) is 4.72. The molecule has 2 aromatic rings. The molecule has 1 aromatic carbocycles. The Balaban J connectivity index is 1.70. The number of nitrogens with zero attached hydrogens (tertiary/aromatic N) is 3. The zero-order valence-corrected chi connectivity index (χ0v) is 14.9. The third-order valence-corrected chi connectivity index (χ3v) is 4.96. The van der Waals surface area contributed by atoms with Gasteiger partial charge in [-0.05, 0) is 37.0 Å². The Labute approximate surface area is 149 Å². The molecule has 5 heteroatoms. The number of carbonyl (C=O) groups excluding carboxylic acids is 1. The maximum Gasteiger partial charge on any atom is 0.253 e. The van der Waals surface area contributed by atoms with Crippen molar-refractivity contribution in [2.75, 3.05) is 13.1 Å². The van der Waals surface area contributed by atoms with Crippen molar-refractivity contribution >= 4 is 5.91 Å². The average Bonchev–Trinajstić information content (AvgIpc) is 3.14. The monoisotopic (exact) mass is 341 g/mol. The van der Waals surface area contributed by atoms with Crippen LogP contribution in [0.1, 0.15) is 60.3 Å². The van der Waals surface area contributed by atoms with E-state index in [-0.39, 0.29) is 12.5 Å². The third kappa shape index (κ3) is 4.10. The Kier molecular flexibility index (Phi) is 5.87. The van der Waals surface area contributed by atoms with Crippen LogP contribution in [0.15, 0.2) is 36.7 Å². The normalized spacial score (nSPS) is 17.7. The van der Waals surface area contributed by atoms with Gasteiger partial charge >= 0.3 is 0 Å². The molecular weight excluding hydrogens is 314 g/mol. The molecule has 0 spiro atoms. The summed E-state index contributed by atoms with van der Waals surface area (Å²) in [4.78, 5) is 19.3. The molecule has 1 saturated heterocycles. The van der Waals surface area contributed by atoms with Gasteiger partial charge in [-0.2, -0.15) is 0 Å². The first-order valence-electron chi connectivity index (χ1n) is 9.23. The Morgan fingerprint density at radius 1 is 1.32 bits per heavy atom. The summed E-state index contributed by atoms with van der Waals surface area (Å²) < 4.78 is 2.25. The van der Waals surface area contributed by atoms with Crippen molar-refractivity contribution in [3.63, 3.8) is 0 Å². The number of aliphatic hydroxyl groups is 1. The SMILES string of the molecule is CCCCn1ccnc1[C@@H]1CCCN(C(=O)c2ccc(CO)cc2)C1. The van der Waals surface area contributed by atoms with Crippen LogP contribution < -0.4 is 0 Å². The molecule has 0 saturated carbocycles. The molecule has 2 heterocycles. The number of unbranched alkanes of at least 4 members (excludes halogenated alkanes) is 1. The lowest BCUT2D eigenvalue weighted by molar-refractivity contribution is 0.0703. The van der Waals surface area contributed by atoms with E-state index in [4.69, 9.17) is 5.11 Å². The number of hydrogen-bond acceptors (Lipinski definition) is 3. The first kappa shape index (κ1) is 17.7. The van der Waals surface area contributed by atoms with E-state index in [1.54, 1.807) is 12.1 Å². The van der Waals surface area contributed by atoms with E-state index in [2.05, 4.69) is 22.7 Å². The number of likely N-dealkylation sites (tertiary alicyclic amines) is 1. The van der Waals surface area contributed by atoms with Crippen LogP contribution in [0.3, 0.4) is 0 Å². The molecule has 1 atom stereocenters. The number of piperidine rings is 1. The van der Waals surface area contributed by atoms with E-state index >= 15 is 0 Å². The highest BCUT2D eigenvalue weighted by atomic mass is 16.3. The first-order valence-corrected chi connectivity index (χ1v) is 9.23. The lowest BCUT2D eigenvalue weighted by Crippen LogP contribution is -2.39. The van der Waals surface area contributed by atoms with Crippen molar-refractivity contribution in [3.05, 3.63) is 53.6 Å². The minimum absolute atomic E-state index is 0.000672. The molecule has 3 rings (SSSR count). The van der Waals surface area contributed by atoms with Crippen LogP contribution in [0.4, 0.5) is 0 Å². The number of hydrogen-bond donors (Lipinski definition) is 1. The largest absolute Gasteiger partial charge is 0.392 e. The van der Waals surface area contributed by atoms with Crippen molar-refractivity contribution < 1.29 is 9.90 Å². The van der Waals surface area contributed by atoms with Crippen LogP contribution in [0.5, 0.6) is 0 Å². The van der Waals surface area contributed by atoms with Gasteiger partial charge in [0.15, 0.2) is 0 Å². The van der Waals surface area contributed by atoms with Crippen molar-refractivity contribution in [2.45, 2.75) is 51.7 Å². The Morgan fingerprint density at radius 2 is 2.12 bits per heavy atom.